The molecular formula is C5H8N2O5. The highest BCUT2D eigenvalue weighted by Crippen LogP contribution is 1.73. The molecule has 0 aromatic rings. The molecule has 0 radical (unpaired) electrons. The van der Waals surface area contributed by atoms with Crippen molar-refractivity contribution >= 4 is 11.9 Å². The van der Waals surface area contributed by atoms with E-state index in [2.05, 4.69) is 4.74 Å². The molecule has 0 saturated carbocycles. The molecule has 0 atom stereocenters. The summed E-state index contributed by atoms with van der Waals surface area (Å²) in [6.45, 7) is -1.18. The van der Waals surface area contributed by atoms with Gasteiger partial charge >= 0.3 is 5.97 Å². The van der Waals surface area contributed by atoms with Crippen LogP contribution in [-0.2, 0) is 14.3 Å². The van der Waals surface area contributed by atoms with Gasteiger partial charge in [-0.1, -0.05) is 0 Å². The lowest BCUT2D eigenvalue weighted by molar-refractivity contribution is -0.467. The Bertz CT molecular complexity index is 202. The Morgan fingerprint density at radius 1 is 1.58 bits per heavy atom. The summed E-state index contributed by atoms with van der Waals surface area (Å²) in [5.41, 5.74) is 0. The molecule has 0 rings (SSSR count). The van der Waals surface area contributed by atoms with Gasteiger partial charge in [0.15, 0.2) is 0 Å². The molecule has 0 spiro atoms. The normalized spacial score (nSPS) is 8.75. The highest BCUT2D eigenvalue weighted by atomic mass is 16.6. The summed E-state index contributed by atoms with van der Waals surface area (Å²) in [6.07, 6.45) is 0. The minimum absolute atomic E-state index is 0.344. The van der Waals surface area contributed by atoms with E-state index in [1.807, 2.05) is 5.32 Å². The molecule has 12 heavy (non-hydrogen) atoms. The molecule has 0 unspecified atom stereocenters. The molecule has 0 aromatic heterocycles. The van der Waals surface area contributed by atoms with Crippen LogP contribution in [0.25, 0.3) is 0 Å². The average Bonchev–Trinajstić information content (AvgIpc) is 1.99. The smallest absolute Gasteiger partial charge is 0.325 e. The summed E-state index contributed by atoms with van der Waals surface area (Å²) in [6, 6.07) is 0. The van der Waals surface area contributed by atoms with Crippen LogP contribution in [0.3, 0.4) is 0 Å². The molecule has 0 fully saturated rings. The van der Waals surface area contributed by atoms with Crippen LogP contribution in [0.15, 0.2) is 0 Å². The first kappa shape index (κ1) is 10.3. The molecule has 0 aliphatic heterocycles. The van der Waals surface area contributed by atoms with Crippen molar-refractivity contribution in [3.63, 3.8) is 0 Å². The van der Waals surface area contributed by atoms with Gasteiger partial charge < -0.3 is 10.1 Å². The predicted octanol–water partition coefficient (Wildman–Crippen LogP) is -1.45. The number of ether oxygens (including phenoxy) is 1. The van der Waals surface area contributed by atoms with E-state index in [9.17, 15) is 19.7 Å². The third-order valence-corrected chi connectivity index (χ3v) is 0.930. The molecule has 0 saturated heterocycles. The van der Waals surface area contributed by atoms with E-state index in [0.29, 0.717) is 0 Å². The maximum Gasteiger partial charge on any atom is 0.325 e. The number of hydrogen-bond donors (Lipinski definition) is 1. The minimum atomic E-state index is -0.836. The van der Waals surface area contributed by atoms with Crippen molar-refractivity contribution in [2.24, 2.45) is 0 Å². The fourth-order valence-electron chi connectivity index (χ4n) is 0.416. The SMILES string of the molecule is COC(=O)CNC(=O)C[N+](=O)[O-]. The van der Waals surface area contributed by atoms with Gasteiger partial charge in [-0.15, -0.1) is 0 Å². The zero-order chi connectivity index (χ0) is 9.56. The Hall–Kier alpha value is -1.66. The minimum Gasteiger partial charge on any atom is -0.468 e. The Balaban J connectivity index is 3.57. The van der Waals surface area contributed by atoms with Gasteiger partial charge in [-0.3, -0.25) is 19.7 Å². The largest absolute Gasteiger partial charge is 0.468 e. The fourth-order valence-corrected chi connectivity index (χ4v) is 0.416. The van der Waals surface area contributed by atoms with Crippen molar-refractivity contribution < 1.29 is 19.2 Å². The number of amides is 1. The first-order chi connectivity index (χ1) is 5.56. The molecule has 0 aliphatic carbocycles. The molecule has 0 bridgehead atoms. The second kappa shape index (κ2) is 5.05. The van der Waals surface area contributed by atoms with Crippen LogP contribution in [0.5, 0.6) is 0 Å². The van der Waals surface area contributed by atoms with E-state index in [1.54, 1.807) is 0 Å². The highest BCUT2D eigenvalue weighted by Gasteiger charge is 2.10. The van der Waals surface area contributed by atoms with E-state index in [1.165, 1.54) is 0 Å². The fraction of sp³-hybridized carbons (Fsp3) is 0.600. The van der Waals surface area contributed by atoms with E-state index >= 15 is 0 Å². The van der Waals surface area contributed by atoms with Gasteiger partial charge in [0.2, 0.25) is 0 Å². The van der Waals surface area contributed by atoms with Crippen LogP contribution >= 0.6 is 0 Å². The zero-order valence-corrected chi connectivity index (χ0v) is 6.40. The van der Waals surface area contributed by atoms with Crippen LogP contribution in [0.4, 0.5) is 0 Å². The Labute approximate surface area is 67.8 Å². The Morgan fingerprint density at radius 3 is 2.58 bits per heavy atom. The number of hydrogen-bond acceptors (Lipinski definition) is 5. The Morgan fingerprint density at radius 2 is 2.17 bits per heavy atom. The number of carbonyl (C=O) groups excluding carboxylic acids is 2. The first-order valence-corrected chi connectivity index (χ1v) is 3.01. The summed E-state index contributed by atoms with van der Waals surface area (Å²) in [5.74, 6) is -1.46. The summed E-state index contributed by atoms with van der Waals surface area (Å²) in [4.78, 5) is 29.9. The lowest BCUT2D eigenvalue weighted by Crippen LogP contribution is -2.34. The highest BCUT2D eigenvalue weighted by molar-refractivity contribution is 5.82. The maximum absolute atomic E-state index is 10.5. The van der Waals surface area contributed by atoms with E-state index < -0.39 is 23.3 Å². The lowest BCUT2D eigenvalue weighted by Gasteiger charge is -1.99. The number of nitro groups is 1. The van der Waals surface area contributed by atoms with Gasteiger partial charge in [-0.05, 0) is 0 Å². The van der Waals surface area contributed by atoms with Crippen LogP contribution < -0.4 is 5.32 Å². The van der Waals surface area contributed by atoms with Gasteiger partial charge in [-0.25, -0.2) is 0 Å². The molecule has 68 valence electrons. The van der Waals surface area contributed by atoms with Crippen molar-refractivity contribution in [3.8, 4) is 0 Å². The van der Waals surface area contributed by atoms with Gasteiger partial charge in [0.25, 0.3) is 12.5 Å². The molecule has 7 nitrogen and oxygen atoms in total. The Kier molecular flexibility index (Phi) is 4.35. The third kappa shape index (κ3) is 5.15. The standard InChI is InChI=1S/C5H8N2O5/c1-12-5(9)2-6-4(8)3-7(10)11/h2-3H2,1H3,(H,6,8). The van der Waals surface area contributed by atoms with Crippen molar-refractivity contribution in [2.75, 3.05) is 20.2 Å². The summed E-state index contributed by atoms with van der Waals surface area (Å²) in [7, 11) is 1.15. The molecular weight excluding hydrogens is 168 g/mol. The van der Waals surface area contributed by atoms with Crippen LogP contribution in [-0.4, -0.2) is 37.0 Å². The number of nitrogens with one attached hydrogen (secondary N) is 1. The molecule has 1 amide bonds. The number of rotatable bonds is 4. The quantitative estimate of drug-likeness (QED) is 0.321. The monoisotopic (exact) mass is 176 g/mol. The second-order valence-electron chi connectivity index (χ2n) is 1.84. The van der Waals surface area contributed by atoms with E-state index in [-0.39, 0.29) is 6.54 Å². The molecule has 0 aliphatic rings. The lowest BCUT2D eigenvalue weighted by atomic mass is 10.5. The van der Waals surface area contributed by atoms with Gasteiger partial charge in [0.1, 0.15) is 6.54 Å². The number of methoxy groups -OCH3 is 1. The number of nitrogens with zero attached hydrogens (tertiary/aromatic N) is 1. The number of carbonyl (C=O) groups is 2. The average molecular weight is 176 g/mol. The topological polar surface area (TPSA) is 98.5 Å². The molecule has 0 heterocycles. The molecule has 0 aromatic carbocycles. The van der Waals surface area contributed by atoms with Crippen molar-refractivity contribution in [2.45, 2.75) is 0 Å². The summed E-state index contributed by atoms with van der Waals surface area (Å²) >= 11 is 0. The van der Waals surface area contributed by atoms with Crippen molar-refractivity contribution in [1.82, 2.24) is 5.32 Å². The first-order valence-electron chi connectivity index (χ1n) is 3.01. The van der Waals surface area contributed by atoms with Crippen molar-refractivity contribution in [1.29, 1.82) is 0 Å². The summed E-state index contributed by atoms with van der Waals surface area (Å²) < 4.78 is 4.18. The van der Waals surface area contributed by atoms with E-state index in [0.717, 1.165) is 7.11 Å². The van der Waals surface area contributed by atoms with Crippen LogP contribution in [0, 0.1) is 10.1 Å². The van der Waals surface area contributed by atoms with Gasteiger partial charge in [0.05, 0.1) is 7.11 Å². The molecule has 7 heteroatoms. The predicted molar refractivity (Wildman–Crippen MR) is 36.9 cm³/mol. The summed E-state index contributed by atoms with van der Waals surface area (Å²) in [5, 5.41) is 11.8. The van der Waals surface area contributed by atoms with Crippen LogP contribution in [0.2, 0.25) is 0 Å². The maximum atomic E-state index is 10.5. The van der Waals surface area contributed by atoms with Crippen LogP contribution in [0.1, 0.15) is 0 Å². The number of esters is 1. The zero-order valence-electron chi connectivity index (χ0n) is 6.40. The van der Waals surface area contributed by atoms with Crippen molar-refractivity contribution in [3.05, 3.63) is 10.1 Å². The molecule has 1 N–H and O–H groups in total. The second-order valence-corrected chi connectivity index (χ2v) is 1.84. The van der Waals surface area contributed by atoms with Gasteiger partial charge in [0, 0.05) is 4.92 Å². The van der Waals surface area contributed by atoms with Gasteiger partial charge in [-0.2, -0.15) is 0 Å². The van der Waals surface area contributed by atoms with E-state index in [4.69, 9.17) is 0 Å². The third-order valence-electron chi connectivity index (χ3n) is 0.930.